The number of fused-ring (bicyclic) bond motifs is 1. The molecule has 0 N–H and O–H groups in total. The second kappa shape index (κ2) is 7.72. The second-order valence-electron chi connectivity index (χ2n) is 5.26. The van der Waals surface area contributed by atoms with Gasteiger partial charge in [-0.25, -0.2) is 9.48 Å². The van der Waals surface area contributed by atoms with Gasteiger partial charge < -0.3 is 4.74 Å². The number of carbonyl (C=O) groups is 1. The summed E-state index contributed by atoms with van der Waals surface area (Å²) in [6.07, 6.45) is 0. The van der Waals surface area contributed by atoms with Crippen molar-refractivity contribution in [3.8, 4) is 0 Å². The molecule has 5 nitrogen and oxygen atoms in total. The second-order valence-corrected chi connectivity index (χ2v) is 6.87. The van der Waals surface area contributed by atoms with E-state index in [1.54, 1.807) is 36.0 Å². The van der Waals surface area contributed by atoms with E-state index in [2.05, 4.69) is 5.10 Å². The van der Waals surface area contributed by atoms with Gasteiger partial charge in [0.15, 0.2) is 5.69 Å². The zero-order valence-electron chi connectivity index (χ0n) is 13.4. The van der Waals surface area contributed by atoms with Crippen molar-refractivity contribution in [2.45, 2.75) is 4.90 Å². The first-order chi connectivity index (χ1) is 12.1. The largest absolute Gasteiger partial charge is 0.460 e. The molecule has 0 aliphatic heterocycles. The maximum atomic E-state index is 12.4. The molecule has 2 aromatic carbocycles. The fourth-order valence-corrected chi connectivity index (χ4v) is 3.20. The number of ether oxygens (including phenoxy) is 1. The van der Waals surface area contributed by atoms with Crippen molar-refractivity contribution in [2.75, 3.05) is 12.4 Å². The van der Waals surface area contributed by atoms with E-state index in [4.69, 9.17) is 16.3 Å². The highest BCUT2D eigenvalue weighted by Crippen LogP contribution is 2.20. The maximum absolute atomic E-state index is 12.4. The topological polar surface area (TPSA) is 61.2 Å². The molecule has 0 aliphatic carbocycles. The lowest BCUT2D eigenvalue weighted by Crippen LogP contribution is -2.24. The lowest BCUT2D eigenvalue weighted by molar-refractivity contribution is 0.0523. The van der Waals surface area contributed by atoms with Gasteiger partial charge >= 0.3 is 5.97 Å². The third-order valence-corrected chi connectivity index (χ3v) is 4.78. The van der Waals surface area contributed by atoms with Gasteiger partial charge in [-0.1, -0.05) is 29.8 Å². The summed E-state index contributed by atoms with van der Waals surface area (Å²) in [4.78, 5) is 25.5. The molecule has 0 radical (unpaired) electrons. The number of thioether (sulfide) groups is 1. The monoisotopic (exact) mass is 374 g/mol. The van der Waals surface area contributed by atoms with Crippen molar-refractivity contribution in [3.63, 3.8) is 0 Å². The smallest absolute Gasteiger partial charge is 0.359 e. The first kappa shape index (κ1) is 17.5. The van der Waals surface area contributed by atoms with Crippen molar-refractivity contribution in [3.05, 3.63) is 69.6 Å². The van der Waals surface area contributed by atoms with Crippen LogP contribution >= 0.6 is 23.4 Å². The molecule has 128 valence electrons. The Morgan fingerprint density at radius 2 is 1.84 bits per heavy atom. The fourth-order valence-electron chi connectivity index (χ4n) is 2.34. The summed E-state index contributed by atoms with van der Waals surface area (Å²) in [6.45, 7) is 0.241. The Hall–Kier alpha value is -2.31. The molecule has 3 rings (SSSR count). The summed E-state index contributed by atoms with van der Waals surface area (Å²) in [5.41, 5.74) is -0.0976. The van der Waals surface area contributed by atoms with Gasteiger partial charge in [0.05, 0.1) is 5.39 Å². The Morgan fingerprint density at radius 3 is 2.56 bits per heavy atom. The van der Waals surface area contributed by atoms with Crippen LogP contribution in [0.15, 0.2) is 58.2 Å². The molecule has 25 heavy (non-hydrogen) atoms. The molecule has 0 amide bonds. The van der Waals surface area contributed by atoms with E-state index in [1.807, 2.05) is 24.3 Å². The summed E-state index contributed by atoms with van der Waals surface area (Å²) >= 11 is 7.41. The van der Waals surface area contributed by atoms with Gasteiger partial charge in [0.1, 0.15) is 6.61 Å². The number of hydrogen-bond acceptors (Lipinski definition) is 5. The Morgan fingerprint density at radius 1 is 1.16 bits per heavy atom. The number of carbonyl (C=O) groups excluding carboxylic acids is 1. The molecular weight excluding hydrogens is 360 g/mol. The van der Waals surface area contributed by atoms with Gasteiger partial charge in [0, 0.05) is 28.1 Å². The summed E-state index contributed by atoms with van der Waals surface area (Å²) in [5.74, 6) is 0.0698. The molecule has 1 aromatic heterocycles. The number of hydrogen-bond donors (Lipinski definition) is 0. The molecule has 3 aromatic rings. The highest BCUT2D eigenvalue weighted by molar-refractivity contribution is 7.99. The Bertz CT molecular complexity index is 970. The number of benzene rings is 2. The molecule has 0 fully saturated rings. The van der Waals surface area contributed by atoms with E-state index < -0.39 is 5.97 Å². The molecule has 0 saturated heterocycles. The zero-order chi connectivity index (χ0) is 17.8. The highest BCUT2D eigenvalue weighted by Gasteiger charge is 2.16. The highest BCUT2D eigenvalue weighted by atomic mass is 35.5. The Balaban J connectivity index is 1.67. The van der Waals surface area contributed by atoms with Crippen LogP contribution in [0.5, 0.6) is 0 Å². The van der Waals surface area contributed by atoms with Crippen molar-refractivity contribution in [1.82, 2.24) is 9.78 Å². The molecule has 0 bridgehead atoms. The van der Waals surface area contributed by atoms with Crippen LogP contribution in [-0.2, 0) is 11.8 Å². The number of aromatic nitrogens is 2. The summed E-state index contributed by atoms with van der Waals surface area (Å²) in [7, 11) is 1.52. The van der Waals surface area contributed by atoms with Crippen LogP contribution in [0, 0.1) is 0 Å². The van der Waals surface area contributed by atoms with E-state index in [0.717, 1.165) is 9.58 Å². The molecule has 0 atom stereocenters. The van der Waals surface area contributed by atoms with E-state index in [-0.39, 0.29) is 17.9 Å². The van der Waals surface area contributed by atoms with E-state index in [1.165, 1.54) is 7.05 Å². The van der Waals surface area contributed by atoms with Gasteiger partial charge in [-0.2, -0.15) is 5.10 Å². The van der Waals surface area contributed by atoms with Crippen LogP contribution in [0.2, 0.25) is 5.02 Å². The summed E-state index contributed by atoms with van der Waals surface area (Å²) in [5, 5.41) is 5.69. The van der Waals surface area contributed by atoms with Crippen molar-refractivity contribution in [1.29, 1.82) is 0 Å². The minimum atomic E-state index is -0.538. The van der Waals surface area contributed by atoms with Crippen molar-refractivity contribution < 1.29 is 9.53 Å². The van der Waals surface area contributed by atoms with Crippen LogP contribution in [0.25, 0.3) is 10.8 Å². The lowest BCUT2D eigenvalue weighted by Gasteiger charge is -2.08. The third kappa shape index (κ3) is 4.03. The fraction of sp³-hybridized carbons (Fsp3) is 0.167. The third-order valence-electron chi connectivity index (χ3n) is 3.55. The predicted molar refractivity (Wildman–Crippen MR) is 99.4 cm³/mol. The first-order valence-corrected chi connectivity index (χ1v) is 8.94. The van der Waals surface area contributed by atoms with Crippen LogP contribution in [0.4, 0.5) is 0 Å². The number of aryl methyl sites for hydroxylation is 1. The lowest BCUT2D eigenvalue weighted by atomic mass is 10.1. The van der Waals surface area contributed by atoms with Crippen LogP contribution in [0.3, 0.4) is 0 Å². The zero-order valence-corrected chi connectivity index (χ0v) is 15.0. The van der Waals surface area contributed by atoms with E-state index >= 15 is 0 Å². The normalized spacial score (nSPS) is 10.8. The Kier molecular flexibility index (Phi) is 5.40. The van der Waals surface area contributed by atoms with Crippen LogP contribution in [0.1, 0.15) is 10.5 Å². The minimum Gasteiger partial charge on any atom is -0.460 e. The van der Waals surface area contributed by atoms with E-state index in [0.29, 0.717) is 21.5 Å². The first-order valence-electron chi connectivity index (χ1n) is 7.58. The molecule has 0 saturated carbocycles. The number of nitrogens with zero attached hydrogens (tertiary/aromatic N) is 2. The summed E-state index contributed by atoms with van der Waals surface area (Å²) < 4.78 is 6.47. The van der Waals surface area contributed by atoms with Gasteiger partial charge in [0.25, 0.3) is 5.56 Å². The number of esters is 1. The predicted octanol–water partition coefficient (Wildman–Crippen LogP) is 3.54. The Labute approximate surface area is 153 Å². The van der Waals surface area contributed by atoms with Crippen molar-refractivity contribution in [2.24, 2.45) is 7.05 Å². The van der Waals surface area contributed by atoms with Crippen LogP contribution < -0.4 is 5.56 Å². The molecule has 0 aliphatic rings. The number of rotatable bonds is 5. The molecule has 7 heteroatoms. The minimum absolute atomic E-state index is 0.147. The van der Waals surface area contributed by atoms with Gasteiger partial charge in [-0.05, 0) is 30.3 Å². The maximum Gasteiger partial charge on any atom is 0.359 e. The van der Waals surface area contributed by atoms with Crippen molar-refractivity contribution >= 4 is 40.1 Å². The molecule has 0 spiro atoms. The van der Waals surface area contributed by atoms with E-state index in [9.17, 15) is 9.59 Å². The standard InChI is InChI=1S/C18H15ClN2O3S/c1-21-17(22)15-5-3-2-4-14(15)16(20-21)18(23)24-10-11-25-13-8-6-12(19)7-9-13/h2-9H,10-11H2,1H3. The summed E-state index contributed by atoms with van der Waals surface area (Å²) in [6, 6.07) is 14.3. The van der Waals surface area contributed by atoms with Crippen LogP contribution in [-0.4, -0.2) is 28.1 Å². The number of halogens is 1. The van der Waals surface area contributed by atoms with Gasteiger partial charge in [-0.3, -0.25) is 4.79 Å². The SMILES string of the molecule is Cn1nc(C(=O)OCCSc2ccc(Cl)cc2)c2ccccc2c1=O. The van der Waals surface area contributed by atoms with Gasteiger partial charge in [0.2, 0.25) is 0 Å². The average molecular weight is 375 g/mol. The van der Waals surface area contributed by atoms with Gasteiger partial charge in [-0.15, -0.1) is 11.8 Å². The molecule has 0 unspecified atom stereocenters. The quantitative estimate of drug-likeness (QED) is 0.388. The molecule has 1 heterocycles. The molecular formula is C18H15ClN2O3S. The average Bonchev–Trinajstić information content (AvgIpc) is 2.63.